The van der Waals surface area contributed by atoms with Gasteiger partial charge in [-0.05, 0) is 12.8 Å². The highest BCUT2D eigenvalue weighted by Crippen LogP contribution is 2.06. The Morgan fingerprint density at radius 3 is 2.71 bits per heavy atom. The smallest absolute Gasteiger partial charge is 0.308 e. The predicted octanol–water partition coefficient (Wildman–Crippen LogP) is 3.55. The quantitative estimate of drug-likeness (QED) is 0.445. The number of carbonyl (C=O) groups excluding carboxylic acids is 1. The normalized spacial score (nSPS) is 16.6. The zero-order valence-electron chi connectivity index (χ0n) is 12.3. The number of esters is 1. The molecule has 0 fully saturated rings. The molecule has 0 heterocycles. The van der Waals surface area contributed by atoms with Crippen LogP contribution < -0.4 is 0 Å². The highest BCUT2D eigenvalue weighted by Gasteiger charge is 2.10. The van der Waals surface area contributed by atoms with Crippen molar-refractivity contribution in [2.24, 2.45) is 5.92 Å². The van der Waals surface area contributed by atoms with E-state index in [-0.39, 0.29) is 6.42 Å². The number of carbonyl (C=O) groups is 1. The highest BCUT2D eigenvalue weighted by molar-refractivity contribution is 5.71. The van der Waals surface area contributed by atoms with Crippen LogP contribution in [0, 0.1) is 5.92 Å². The first-order valence-electron chi connectivity index (χ1n) is 7.03. The molecule has 84 valence electrons. The molecule has 14 heavy (non-hydrogen) atoms. The van der Waals surface area contributed by atoms with E-state index in [2.05, 4.69) is 6.92 Å². The van der Waals surface area contributed by atoms with Crippen molar-refractivity contribution in [3.05, 3.63) is 0 Å². The van der Waals surface area contributed by atoms with Gasteiger partial charge in [0.1, 0.15) is 0 Å². The third-order valence-corrected chi connectivity index (χ3v) is 2.20. The third-order valence-electron chi connectivity index (χ3n) is 2.20. The van der Waals surface area contributed by atoms with Crippen molar-refractivity contribution in [1.29, 1.82) is 0 Å². The van der Waals surface area contributed by atoms with E-state index < -0.39 is 18.7 Å². The second-order valence-electron chi connectivity index (χ2n) is 3.69. The summed E-state index contributed by atoms with van der Waals surface area (Å²) in [6.45, 7) is 2.11. The van der Waals surface area contributed by atoms with Crippen molar-refractivity contribution in [3.8, 4) is 0 Å². The Labute approximate surface area is 92.2 Å². The summed E-state index contributed by atoms with van der Waals surface area (Å²) in [4.78, 5) is 11.4. The molecule has 0 rings (SSSR count). The third kappa shape index (κ3) is 6.93. The predicted molar refractivity (Wildman–Crippen MR) is 59.2 cm³/mol. The molecule has 0 amide bonds. The lowest BCUT2D eigenvalue weighted by molar-refractivity contribution is -0.148. The van der Waals surface area contributed by atoms with E-state index in [1.807, 2.05) is 0 Å². The lowest BCUT2D eigenvalue weighted by Gasteiger charge is -2.08. The standard InChI is InChI=1S/C12H24O2/c1-4-6-7-8-9-10-14-12(13)11(3)5-2/h11H,4-10H2,1-3H3/i2D3. The van der Waals surface area contributed by atoms with Crippen LogP contribution in [0.1, 0.15) is 63.3 Å². The number of rotatable bonds is 8. The highest BCUT2D eigenvalue weighted by atomic mass is 16.5. The maximum absolute atomic E-state index is 11.4. The van der Waals surface area contributed by atoms with Crippen LogP contribution in [0.2, 0.25) is 0 Å². The first kappa shape index (κ1) is 8.75. The Morgan fingerprint density at radius 1 is 1.36 bits per heavy atom. The summed E-state index contributed by atoms with van der Waals surface area (Å²) in [7, 11) is 0. The molecule has 0 aliphatic rings. The maximum Gasteiger partial charge on any atom is 0.308 e. The molecule has 1 unspecified atom stereocenters. The molecule has 0 N–H and O–H groups in total. The van der Waals surface area contributed by atoms with Gasteiger partial charge in [-0.1, -0.05) is 46.4 Å². The van der Waals surface area contributed by atoms with Gasteiger partial charge in [-0.25, -0.2) is 0 Å². The van der Waals surface area contributed by atoms with Gasteiger partial charge in [0.05, 0.1) is 12.5 Å². The van der Waals surface area contributed by atoms with E-state index in [1.165, 1.54) is 19.3 Å². The Hall–Kier alpha value is -0.530. The Morgan fingerprint density at radius 2 is 2.07 bits per heavy atom. The topological polar surface area (TPSA) is 26.3 Å². The van der Waals surface area contributed by atoms with Crippen molar-refractivity contribution in [1.82, 2.24) is 0 Å². The maximum atomic E-state index is 11.4. The molecule has 2 nitrogen and oxygen atoms in total. The fourth-order valence-corrected chi connectivity index (χ4v) is 1.10. The zero-order valence-corrected chi connectivity index (χ0v) is 9.34. The van der Waals surface area contributed by atoms with E-state index in [0.717, 1.165) is 12.8 Å². The monoisotopic (exact) mass is 203 g/mol. The van der Waals surface area contributed by atoms with Crippen molar-refractivity contribution >= 4 is 5.97 Å². The van der Waals surface area contributed by atoms with Crippen LogP contribution >= 0.6 is 0 Å². The fourth-order valence-electron chi connectivity index (χ4n) is 1.10. The minimum absolute atomic E-state index is 0.109. The zero-order chi connectivity index (χ0) is 13.3. The van der Waals surface area contributed by atoms with Crippen LogP contribution in [0.3, 0.4) is 0 Å². The summed E-state index contributed by atoms with van der Waals surface area (Å²) in [5, 5.41) is 0. The molecule has 1 atom stereocenters. The van der Waals surface area contributed by atoms with Crippen LogP contribution in [0.4, 0.5) is 0 Å². The van der Waals surface area contributed by atoms with E-state index in [1.54, 1.807) is 6.92 Å². The number of hydrogen-bond donors (Lipinski definition) is 0. The van der Waals surface area contributed by atoms with Crippen molar-refractivity contribution in [3.63, 3.8) is 0 Å². The van der Waals surface area contributed by atoms with Gasteiger partial charge in [-0.15, -0.1) is 0 Å². The Kier molecular flexibility index (Phi) is 5.65. The molecule has 0 radical (unpaired) electrons. The van der Waals surface area contributed by atoms with Gasteiger partial charge in [0.15, 0.2) is 0 Å². The van der Waals surface area contributed by atoms with Crippen molar-refractivity contribution in [2.45, 2.75) is 59.2 Å². The molecular formula is C12H24O2. The van der Waals surface area contributed by atoms with Crippen LogP contribution in [0.5, 0.6) is 0 Å². The minimum Gasteiger partial charge on any atom is -0.465 e. The van der Waals surface area contributed by atoms with Gasteiger partial charge in [0, 0.05) is 4.11 Å². The molecule has 2 heteroatoms. The Balaban J connectivity index is 3.58. The van der Waals surface area contributed by atoms with Crippen molar-refractivity contribution < 1.29 is 13.6 Å². The lowest BCUT2D eigenvalue weighted by atomic mass is 10.1. The second kappa shape index (κ2) is 9.04. The van der Waals surface area contributed by atoms with Gasteiger partial charge < -0.3 is 4.74 Å². The average Bonchev–Trinajstić information content (AvgIpc) is 2.20. The van der Waals surface area contributed by atoms with Gasteiger partial charge in [-0.2, -0.15) is 0 Å². The average molecular weight is 203 g/mol. The summed E-state index contributed by atoms with van der Waals surface area (Å²) in [5.74, 6) is -0.935. The van der Waals surface area contributed by atoms with Crippen LogP contribution in [-0.2, 0) is 9.53 Å². The number of ether oxygens (including phenoxy) is 1. The molecule has 0 aromatic rings. The van der Waals surface area contributed by atoms with E-state index in [4.69, 9.17) is 8.85 Å². The Bertz CT molecular complexity index is 214. The van der Waals surface area contributed by atoms with Crippen LogP contribution in [-0.4, -0.2) is 12.6 Å². The number of unbranched alkanes of at least 4 members (excludes halogenated alkanes) is 4. The van der Waals surface area contributed by atoms with Gasteiger partial charge in [0.2, 0.25) is 0 Å². The first-order chi connectivity index (χ1) is 7.87. The molecule has 0 saturated heterocycles. The molecule has 0 aliphatic carbocycles. The molecule has 0 bridgehead atoms. The van der Waals surface area contributed by atoms with Gasteiger partial charge in [-0.3, -0.25) is 4.79 Å². The largest absolute Gasteiger partial charge is 0.465 e. The molecule has 0 saturated carbocycles. The first-order valence-corrected chi connectivity index (χ1v) is 5.53. The van der Waals surface area contributed by atoms with E-state index in [0.29, 0.717) is 6.61 Å². The van der Waals surface area contributed by atoms with E-state index >= 15 is 0 Å². The molecule has 0 aromatic carbocycles. The van der Waals surface area contributed by atoms with Gasteiger partial charge in [0.25, 0.3) is 0 Å². The summed E-state index contributed by atoms with van der Waals surface area (Å²) in [6, 6.07) is 0. The van der Waals surface area contributed by atoms with Crippen LogP contribution in [0.15, 0.2) is 0 Å². The summed E-state index contributed by atoms with van der Waals surface area (Å²) >= 11 is 0. The summed E-state index contributed by atoms with van der Waals surface area (Å²) in [6.07, 6.45) is 5.39. The molecule has 0 aliphatic heterocycles. The second-order valence-corrected chi connectivity index (χ2v) is 3.69. The van der Waals surface area contributed by atoms with Gasteiger partial charge >= 0.3 is 5.97 Å². The SMILES string of the molecule is [2H]C([2H])([2H])CC(C)C(=O)OCCCCCCC. The lowest BCUT2D eigenvalue weighted by Crippen LogP contribution is -2.14. The number of hydrogen-bond acceptors (Lipinski definition) is 2. The molecular weight excluding hydrogens is 176 g/mol. The summed E-state index contributed by atoms with van der Waals surface area (Å²) < 4.78 is 26.3. The van der Waals surface area contributed by atoms with E-state index in [9.17, 15) is 4.79 Å². The van der Waals surface area contributed by atoms with Crippen LogP contribution in [0.25, 0.3) is 0 Å². The minimum atomic E-state index is -2.06. The van der Waals surface area contributed by atoms with Crippen molar-refractivity contribution in [2.75, 3.05) is 6.61 Å². The summed E-state index contributed by atoms with van der Waals surface area (Å²) in [5.41, 5.74) is 0. The molecule has 0 aromatic heterocycles. The molecule has 0 spiro atoms. The fraction of sp³-hybridized carbons (Fsp3) is 0.917.